The van der Waals surface area contributed by atoms with Gasteiger partial charge in [-0.1, -0.05) is 5.16 Å². The molecule has 0 aromatic carbocycles. The van der Waals surface area contributed by atoms with E-state index in [-0.39, 0.29) is 18.4 Å². The maximum atomic E-state index is 5.30. The summed E-state index contributed by atoms with van der Waals surface area (Å²) in [6, 6.07) is 3.91. The molecule has 2 aromatic heterocycles. The Morgan fingerprint density at radius 3 is 3.00 bits per heavy atom. The highest BCUT2D eigenvalue weighted by Crippen LogP contribution is 2.22. The van der Waals surface area contributed by atoms with E-state index in [1.807, 2.05) is 12.1 Å². The number of likely N-dealkylation sites (N-methyl/N-ethyl adjacent to an activating group) is 1. The second-order valence-electron chi connectivity index (χ2n) is 4.52. The van der Waals surface area contributed by atoms with Gasteiger partial charge in [0.1, 0.15) is 5.69 Å². The second kappa shape index (κ2) is 6.62. The fourth-order valence-electron chi connectivity index (χ4n) is 2.07. The molecule has 1 fully saturated rings. The summed E-state index contributed by atoms with van der Waals surface area (Å²) < 4.78 is 6.22. The van der Waals surface area contributed by atoms with Gasteiger partial charge in [0, 0.05) is 30.3 Å². The molecule has 6 nitrogen and oxygen atoms in total. The highest BCUT2D eigenvalue weighted by molar-refractivity contribution is 9.10. The normalized spacial score (nSPS) is 19.6. The van der Waals surface area contributed by atoms with E-state index in [1.54, 1.807) is 6.20 Å². The minimum Gasteiger partial charge on any atom is -0.332 e. The standard InChI is InChI=1S/C12H14BrN5O.ClH/c1-18-5-4-14-7-10(18)11-16-12(19-17-11)9-3-2-8(13)6-15-9;/h2-3,6,10,14H,4-5,7H2,1H3;1H. The summed E-state index contributed by atoms with van der Waals surface area (Å²) in [5.74, 6) is 1.16. The van der Waals surface area contributed by atoms with Crippen molar-refractivity contribution in [2.24, 2.45) is 0 Å². The zero-order valence-electron chi connectivity index (χ0n) is 10.9. The van der Waals surface area contributed by atoms with E-state index >= 15 is 0 Å². The molecule has 108 valence electrons. The zero-order chi connectivity index (χ0) is 13.2. The van der Waals surface area contributed by atoms with Crippen LogP contribution in [0.25, 0.3) is 11.6 Å². The first-order valence-electron chi connectivity index (χ1n) is 6.10. The van der Waals surface area contributed by atoms with Crippen molar-refractivity contribution in [3.05, 3.63) is 28.6 Å². The lowest BCUT2D eigenvalue weighted by atomic mass is 10.2. The maximum absolute atomic E-state index is 5.30. The van der Waals surface area contributed by atoms with Crippen LogP contribution in [-0.2, 0) is 0 Å². The Labute approximate surface area is 131 Å². The number of piperazine rings is 1. The molecular formula is C12H15BrClN5O. The van der Waals surface area contributed by atoms with Crippen molar-refractivity contribution >= 4 is 28.3 Å². The molecule has 1 atom stereocenters. The summed E-state index contributed by atoms with van der Waals surface area (Å²) in [6.07, 6.45) is 1.72. The fourth-order valence-corrected chi connectivity index (χ4v) is 2.31. The van der Waals surface area contributed by atoms with Crippen molar-refractivity contribution < 1.29 is 4.52 Å². The quantitative estimate of drug-likeness (QED) is 0.882. The smallest absolute Gasteiger partial charge is 0.276 e. The molecule has 8 heteroatoms. The average molecular weight is 361 g/mol. The number of hydrogen-bond acceptors (Lipinski definition) is 6. The molecule has 3 heterocycles. The lowest BCUT2D eigenvalue weighted by Gasteiger charge is -2.30. The van der Waals surface area contributed by atoms with Crippen LogP contribution in [0.3, 0.4) is 0 Å². The van der Waals surface area contributed by atoms with E-state index in [2.05, 4.69) is 48.3 Å². The third kappa shape index (κ3) is 3.17. The Bertz CT molecular complexity index is 561. The minimum absolute atomic E-state index is 0. The fraction of sp³-hybridized carbons (Fsp3) is 0.417. The van der Waals surface area contributed by atoms with Gasteiger partial charge in [0.25, 0.3) is 5.89 Å². The monoisotopic (exact) mass is 359 g/mol. The molecule has 0 radical (unpaired) electrons. The maximum Gasteiger partial charge on any atom is 0.276 e. The molecule has 20 heavy (non-hydrogen) atoms. The molecule has 0 bridgehead atoms. The number of hydrogen-bond donors (Lipinski definition) is 1. The average Bonchev–Trinajstić information content (AvgIpc) is 2.89. The van der Waals surface area contributed by atoms with E-state index in [4.69, 9.17) is 4.52 Å². The molecular weight excluding hydrogens is 346 g/mol. The summed E-state index contributed by atoms with van der Waals surface area (Å²) >= 11 is 3.35. The third-order valence-corrected chi connectivity index (χ3v) is 3.67. The molecule has 1 unspecified atom stereocenters. The van der Waals surface area contributed by atoms with Crippen LogP contribution in [0.1, 0.15) is 11.9 Å². The van der Waals surface area contributed by atoms with Crippen LogP contribution < -0.4 is 5.32 Å². The molecule has 0 aliphatic carbocycles. The van der Waals surface area contributed by atoms with E-state index < -0.39 is 0 Å². The minimum atomic E-state index is 0. The molecule has 3 rings (SSSR count). The van der Waals surface area contributed by atoms with Crippen LogP contribution >= 0.6 is 28.3 Å². The largest absolute Gasteiger partial charge is 0.332 e. The van der Waals surface area contributed by atoms with Crippen LogP contribution in [0.4, 0.5) is 0 Å². The molecule has 1 saturated heterocycles. The Morgan fingerprint density at radius 1 is 1.45 bits per heavy atom. The molecule has 0 spiro atoms. The van der Waals surface area contributed by atoms with E-state index in [9.17, 15) is 0 Å². The molecule has 1 aliphatic heterocycles. The predicted octanol–water partition coefficient (Wildman–Crippen LogP) is 1.89. The van der Waals surface area contributed by atoms with Crippen LogP contribution in [0.5, 0.6) is 0 Å². The lowest BCUT2D eigenvalue weighted by Crippen LogP contribution is -2.44. The number of nitrogens with one attached hydrogen (secondary N) is 1. The number of aromatic nitrogens is 3. The summed E-state index contributed by atoms with van der Waals surface area (Å²) in [5.41, 5.74) is 0.688. The summed E-state index contributed by atoms with van der Waals surface area (Å²) in [5, 5.41) is 7.40. The number of nitrogens with zero attached hydrogens (tertiary/aromatic N) is 4. The van der Waals surface area contributed by atoms with Crippen molar-refractivity contribution in [1.29, 1.82) is 0 Å². The van der Waals surface area contributed by atoms with Gasteiger partial charge in [-0.25, -0.2) is 4.98 Å². The van der Waals surface area contributed by atoms with Gasteiger partial charge in [0.05, 0.1) is 6.04 Å². The van der Waals surface area contributed by atoms with Crippen molar-refractivity contribution in [2.75, 3.05) is 26.7 Å². The summed E-state index contributed by atoms with van der Waals surface area (Å²) in [7, 11) is 2.07. The number of halogens is 2. The third-order valence-electron chi connectivity index (χ3n) is 3.20. The van der Waals surface area contributed by atoms with Crippen LogP contribution in [0, 0.1) is 0 Å². The summed E-state index contributed by atoms with van der Waals surface area (Å²) in [4.78, 5) is 10.9. The molecule has 0 amide bonds. The molecule has 0 saturated carbocycles. The SMILES string of the molecule is CN1CCNCC1c1noc(-c2ccc(Br)cn2)n1.Cl. The van der Waals surface area contributed by atoms with Gasteiger partial charge in [-0.3, -0.25) is 4.90 Å². The lowest BCUT2D eigenvalue weighted by molar-refractivity contribution is 0.190. The molecule has 1 aliphatic rings. The topological polar surface area (TPSA) is 67.1 Å². The first kappa shape index (κ1) is 15.4. The van der Waals surface area contributed by atoms with Crippen LogP contribution in [0.15, 0.2) is 27.3 Å². The highest BCUT2D eigenvalue weighted by Gasteiger charge is 2.25. The predicted molar refractivity (Wildman–Crippen MR) is 80.7 cm³/mol. The van der Waals surface area contributed by atoms with Crippen molar-refractivity contribution in [3.63, 3.8) is 0 Å². The first-order chi connectivity index (χ1) is 9.24. The number of rotatable bonds is 2. The number of pyridine rings is 1. The molecule has 1 N–H and O–H groups in total. The van der Waals surface area contributed by atoms with E-state index in [0.29, 0.717) is 17.4 Å². The van der Waals surface area contributed by atoms with Gasteiger partial charge in [-0.05, 0) is 35.1 Å². The van der Waals surface area contributed by atoms with Gasteiger partial charge >= 0.3 is 0 Å². The van der Waals surface area contributed by atoms with Crippen molar-refractivity contribution in [2.45, 2.75) is 6.04 Å². The van der Waals surface area contributed by atoms with Gasteiger partial charge in [-0.15, -0.1) is 12.4 Å². The first-order valence-corrected chi connectivity index (χ1v) is 6.90. The van der Waals surface area contributed by atoms with Gasteiger partial charge < -0.3 is 9.84 Å². The van der Waals surface area contributed by atoms with Crippen molar-refractivity contribution in [1.82, 2.24) is 25.3 Å². The van der Waals surface area contributed by atoms with Crippen molar-refractivity contribution in [3.8, 4) is 11.6 Å². The Kier molecular flexibility index (Phi) is 5.09. The Morgan fingerprint density at radius 2 is 2.30 bits per heavy atom. The van der Waals surface area contributed by atoms with Crippen LogP contribution in [-0.4, -0.2) is 46.7 Å². The highest BCUT2D eigenvalue weighted by atomic mass is 79.9. The Balaban J connectivity index is 0.00000147. The Hall–Kier alpha value is -1.02. The van der Waals surface area contributed by atoms with Gasteiger partial charge in [0.15, 0.2) is 5.82 Å². The molecule has 2 aromatic rings. The van der Waals surface area contributed by atoms with Crippen LogP contribution in [0.2, 0.25) is 0 Å². The van der Waals surface area contributed by atoms with E-state index in [0.717, 1.165) is 24.1 Å². The van der Waals surface area contributed by atoms with Gasteiger partial charge in [-0.2, -0.15) is 4.98 Å². The van der Waals surface area contributed by atoms with Gasteiger partial charge in [0.2, 0.25) is 0 Å². The van der Waals surface area contributed by atoms with E-state index in [1.165, 1.54) is 0 Å². The second-order valence-corrected chi connectivity index (χ2v) is 5.44. The zero-order valence-corrected chi connectivity index (χ0v) is 13.3. The summed E-state index contributed by atoms with van der Waals surface area (Å²) in [6.45, 7) is 2.81.